The van der Waals surface area contributed by atoms with Crippen molar-refractivity contribution in [3.05, 3.63) is 66.4 Å². The van der Waals surface area contributed by atoms with Gasteiger partial charge in [0, 0.05) is 12.3 Å². The maximum Gasteiger partial charge on any atom is 0.219 e. The van der Waals surface area contributed by atoms with Gasteiger partial charge in [0.1, 0.15) is 5.75 Å². The second-order valence-electron chi connectivity index (χ2n) is 4.72. The summed E-state index contributed by atoms with van der Waals surface area (Å²) in [6, 6.07) is 17.6. The number of hydrogen-bond donors (Lipinski definition) is 1. The van der Waals surface area contributed by atoms with E-state index >= 15 is 0 Å². The molecule has 100 valence electrons. The Balaban J connectivity index is 1.85. The van der Waals surface area contributed by atoms with Crippen LogP contribution in [0.3, 0.4) is 0 Å². The van der Waals surface area contributed by atoms with Crippen molar-refractivity contribution >= 4 is 10.8 Å². The number of aromatic nitrogens is 1. The molecule has 0 amide bonds. The summed E-state index contributed by atoms with van der Waals surface area (Å²) in [5, 5.41) is 11.8. The largest absolute Gasteiger partial charge is 0.439 e. The van der Waals surface area contributed by atoms with Crippen LogP contribution >= 0.6 is 0 Å². The molecule has 20 heavy (non-hydrogen) atoms. The van der Waals surface area contributed by atoms with E-state index < -0.39 is 6.10 Å². The van der Waals surface area contributed by atoms with Gasteiger partial charge in [-0.05, 0) is 41.5 Å². The normalized spacial score (nSPS) is 12.3. The standard InChI is InChI=1S/C17H15NO2/c1-12(19)15-7-9-17(18-11-15)20-16-8-6-13-4-2-3-5-14(13)10-16/h2-12,19H,1H3/t12-/m0/s1. The van der Waals surface area contributed by atoms with Crippen LogP contribution in [0.1, 0.15) is 18.6 Å². The molecule has 0 unspecified atom stereocenters. The Morgan fingerprint density at radius 2 is 1.80 bits per heavy atom. The van der Waals surface area contributed by atoms with Crippen LogP contribution in [0.4, 0.5) is 0 Å². The first-order valence-electron chi connectivity index (χ1n) is 6.53. The van der Waals surface area contributed by atoms with E-state index in [2.05, 4.69) is 11.1 Å². The molecule has 3 aromatic rings. The van der Waals surface area contributed by atoms with Crippen molar-refractivity contribution in [1.29, 1.82) is 0 Å². The second-order valence-corrected chi connectivity index (χ2v) is 4.72. The number of nitrogens with zero attached hydrogens (tertiary/aromatic N) is 1. The Hall–Kier alpha value is -2.39. The zero-order chi connectivity index (χ0) is 13.9. The lowest BCUT2D eigenvalue weighted by molar-refractivity contribution is 0.198. The number of ether oxygens (including phenoxy) is 1. The van der Waals surface area contributed by atoms with Crippen LogP contribution in [-0.2, 0) is 0 Å². The molecule has 0 saturated heterocycles. The van der Waals surface area contributed by atoms with Crippen LogP contribution in [0.15, 0.2) is 60.8 Å². The maximum atomic E-state index is 9.44. The number of benzene rings is 2. The fourth-order valence-corrected chi connectivity index (χ4v) is 2.05. The lowest BCUT2D eigenvalue weighted by Crippen LogP contribution is -1.93. The van der Waals surface area contributed by atoms with E-state index in [4.69, 9.17) is 4.74 Å². The SMILES string of the molecule is C[C@H](O)c1ccc(Oc2ccc3ccccc3c2)nc1. The minimum absolute atomic E-state index is 0.516. The number of rotatable bonds is 3. The van der Waals surface area contributed by atoms with Gasteiger partial charge in [-0.1, -0.05) is 30.3 Å². The lowest BCUT2D eigenvalue weighted by atomic mass is 10.1. The van der Waals surface area contributed by atoms with Crippen molar-refractivity contribution in [3.8, 4) is 11.6 Å². The van der Waals surface area contributed by atoms with Gasteiger partial charge in [-0.25, -0.2) is 4.98 Å². The molecule has 0 radical (unpaired) electrons. The maximum absolute atomic E-state index is 9.44. The average molecular weight is 265 g/mol. The highest BCUT2D eigenvalue weighted by Crippen LogP contribution is 2.25. The zero-order valence-electron chi connectivity index (χ0n) is 11.2. The highest BCUT2D eigenvalue weighted by atomic mass is 16.5. The number of hydrogen-bond acceptors (Lipinski definition) is 3. The first kappa shape index (κ1) is 12.6. The highest BCUT2D eigenvalue weighted by Gasteiger charge is 2.03. The molecule has 3 nitrogen and oxygen atoms in total. The van der Waals surface area contributed by atoms with E-state index in [-0.39, 0.29) is 0 Å². The molecule has 1 atom stereocenters. The smallest absolute Gasteiger partial charge is 0.219 e. The average Bonchev–Trinajstić information content (AvgIpc) is 2.48. The van der Waals surface area contributed by atoms with E-state index in [0.717, 1.165) is 16.7 Å². The van der Waals surface area contributed by atoms with Crippen molar-refractivity contribution in [2.45, 2.75) is 13.0 Å². The molecule has 1 heterocycles. The summed E-state index contributed by atoms with van der Waals surface area (Å²) in [5.41, 5.74) is 0.774. The topological polar surface area (TPSA) is 42.4 Å². The number of fused-ring (bicyclic) bond motifs is 1. The molecule has 1 aromatic heterocycles. The second kappa shape index (κ2) is 5.31. The van der Waals surface area contributed by atoms with Crippen molar-refractivity contribution in [3.63, 3.8) is 0 Å². The molecule has 0 spiro atoms. The van der Waals surface area contributed by atoms with E-state index in [1.54, 1.807) is 19.2 Å². The van der Waals surface area contributed by atoms with E-state index in [1.807, 2.05) is 42.5 Å². The third-order valence-electron chi connectivity index (χ3n) is 3.18. The molecule has 0 aliphatic heterocycles. The summed E-state index contributed by atoms with van der Waals surface area (Å²) in [7, 11) is 0. The van der Waals surface area contributed by atoms with Crippen LogP contribution in [0.5, 0.6) is 11.6 Å². The summed E-state index contributed by atoms with van der Waals surface area (Å²) in [6.07, 6.45) is 1.11. The van der Waals surface area contributed by atoms with Crippen LogP contribution in [0.2, 0.25) is 0 Å². The third kappa shape index (κ3) is 2.63. The van der Waals surface area contributed by atoms with Crippen molar-refractivity contribution in [1.82, 2.24) is 4.98 Å². The molecular weight excluding hydrogens is 250 g/mol. The van der Waals surface area contributed by atoms with Gasteiger partial charge in [-0.3, -0.25) is 0 Å². The minimum Gasteiger partial charge on any atom is -0.439 e. The molecule has 0 fully saturated rings. The van der Waals surface area contributed by atoms with Crippen LogP contribution in [0, 0.1) is 0 Å². The Labute approximate surface area is 117 Å². The number of pyridine rings is 1. The van der Waals surface area contributed by atoms with Gasteiger partial charge in [-0.2, -0.15) is 0 Å². The quantitative estimate of drug-likeness (QED) is 0.775. The van der Waals surface area contributed by atoms with Crippen molar-refractivity contribution in [2.75, 3.05) is 0 Å². The van der Waals surface area contributed by atoms with Gasteiger partial charge in [0.2, 0.25) is 5.88 Å². The Kier molecular flexibility index (Phi) is 3.35. The predicted octanol–water partition coefficient (Wildman–Crippen LogP) is 4.08. The summed E-state index contributed by atoms with van der Waals surface area (Å²) < 4.78 is 5.73. The van der Waals surface area contributed by atoms with Crippen molar-refractivity contribution < 1.29 is 9.84 Å². The van der Waals surface area contributed by atoms with Gasteiger partial charge in [-0.15, -0.1) is 0 Å². The monoisotopic (exact) mass is 265 g/mol. The zero-order valence-corrected chi connectivity index (χ0v) is 11.2. The predicted molar refractivity (Wildman–Crippen MR) is 78.9 cm³/mol. The van der Waals surface area contributed by atoms with Gasteiger partial charge in [0.05, 0.1) is 6.10 Å². The first-order chi connectivity index (χ1) is 9.72. The summed E-state index contributed by atoms with van der Waals surface area (Å²) in [4.78, 5) is 4.19. The summed E-state index contributed by atoms with van der Waals surface area (Å²) >= 11 is 0. The molecule has 1 N–H and O–H groups in total. The van der Waals surface area contributed by atoms with Gasteiger partial charge < -0.3 is 9.84 Å². The van der Waals surface area contributed by atoms with Gasteiger partial charge in [0.15, 0.2) is 0 Å². The summed E-state index contributed by atoms with van der Waals surface area (Å²) in [6.45, 7) is 1.71. The number of aliphatic hydroxyl groups is 1. The highest BCUT2D eigenvalue weighted by molar-refractivity contribution is 5.83. The third-order valence-corrected chi connectivity index (χ3v) is 3.18. The molecule has 0 bridgehead atoms. The van der Waals surface area contributed by atoms with Crippen LogP contribution in [-0.4, -0.2) is 10.1 Å². The van der Waals surface area contributed by atoms with Gasteiger partial charge in [0.25, 0.3) is 0 Å². The summed E-state index contributed by atoms with van der Waals surface area (Å²) in [5.74, 6) is 1.27. The Morgan fingerprint density at radius 1 is 1.00 bits per heavy atom. The molecule has 2 aromatic carbocycles. The van der Waals surface area contributed by atoms with E-state index in [0.29, 0.717) is 5.88 Å². The Morgan fingerprint density at radius 3 is 2.50 bits per heavy atom. The minimum atomic E-state index is -0.516. The van der Waals surface area contributed by atoms with Crippen molar-refractivity contribution in [2.24, 2.45) is 0 Å². The molecule has 3 rings (SSSR count). The molecule has 0 aliphatic carbocycles. The molecule has 3 heteroatoms. The Bertz CT molecular complexity index is 720. The molecular formula is C17H15NO2. The molecule has 0 aliphatic rings. The number of aliphatic hydroxyl groups excluding tert-OH is 1. The van der Waals surface area contributed by atoms with E-state index in [9.17, 15) is 5.11 Å². The fraction of sp³-hybridized carbons (Fsp3) is 0.118. The van der Waals surface area contributed by atoms with Crippen LogP contribution < -0.4 is 4.74 Å². The van der Waals surface area contributed by atoms with E-state index in [1.165, 1.54) is 5.39 Å². The lowest BCUT2D eigenvalue weighted by Gasteiger charge is -2.08. The fourth-order valence-electron chi connectivity index (χ4n) is 2.05. The van der Waals surface area contributed by atoms with Gasteiger partial charge >= 0.3 is 0 Å². The van der Waals surface area contributed by atoms with Crippen LogP contribution in [0.25, 0.3) is 10.8 Å². The molecule has 0 saturated carbocycles. The first-order valence-corrected chi connectivity index (χ1v) is 6.53.